The Morgan fingerprint density at radius 2 is 1.83 bits per heavy atom. The molecule has 0 saturated heterocycles. The van der Waals surface area contributed by atoms with Crippen molar-refractivity contribution in [2.24, 2.45) is 0 Å². The van der Waals surface area contributed by atoms with Crippen molar-refractivity contribution in [3.05, 3.63) is 45.1 Å². The predicted octanol–water partition coefficient (Wildman–Crippen LogP) is 4.63. The first-order valence-corrected chi connectivity index (χ1v) is 9.54. The molecule has 1 aliphatic rings. The summed E-state index contributed by atoms with van der Waals surface area (Å²) in [6.45, 7) is 9.81. The second-order valence-corrected chi connectivity index (χ2v) is 8.47. The van der Waals surface area contributed by atoms with Crippen molar-refractivity contribution in [1.29, 1.82) is 0 Å². The number of allylic oxidation sites excluding steroid dienone is 2. The molecule has 0 saturated carbocycles. The van der Waals surface area contributed by atoms with Crippen molar-refractivity contribution in [2.75, 3.05) is 0 Å². The van der Waals surface area contributed by atoms with Crippen LogP contribution in [0, 0.1) is 0 Å². The minimum Gasteiger partial charge on any atom is -0.507 e. The van der Waals surface area contributed by atoms with Crippen LogP contribution < -0.4 is 10.2 Å². The van der Waals surface area contributed by atoms with Gasteiger partial charge in [-0.25, -0.2) is 0 Å². The second kappa shape index (κ2) is 6.17. The summed E-state index contributed by atoms with van der Waals surface area (Å²) < 4.78 is 12.1. The topological polar surface area (TPSA) is 100 Å². The molecular formula is C23H24O6. The maximum atomic E-state index is 13.3. The molecule has 1 atom stereocenters. The number of ether oxygens (including phenoxy) is 1. The molecule has 2 aromatic carbocycles. The number of aromatic hydroxyl groups is 3. The summed E-state index contributed by atoms with van der Waals surface area (Å²) in [5, 5.41) is 30.9. The first-order chi connectivity index (χ1) is 13.5. The summed E-state index contributed by atoms with van der Waals surface area (Å²) in [6.07, 6.45) is 2.26. The fraction of sp³-hybridized carbons (Fsp3) is 0.348. The van der Waals surface area contributed by atoms with Gasteiger partial charge < -0.3 is 24.5 Å². The smallest absolute Gasteiger partial charge is 0.204 e. The van der Waals surface area contributed by atoms with E-state index >= 15 is 0 Å². The van der Waals surface area contributed by atoms with E-state index in [1.165, 1.54) is 6.07 Å². The molecule has 4 rings (SSSR count). The van der Waals surface area contributed by atoms with E-state index < -0.39 is 16.6 Å². The summed E-state index contributed by atoms with van der Waals surface area (Å²) in [4.78, 5) is 13.3. The van der Waals surface area contributed by atoms with Crippen LogP contribution in [-0.2, 0) is 11.8 Å². The van der Waals surface area contributed by atoms with E-state index in [4.69, 9.17) is 9.15 Å². The normalized spacial score (nSPS) is 17.3. The molecule has 152 valence electrons. The number of phenolic OH excluding ortho intramolecular Hbond substituents is 3. The van der Waals surface area contributed by atoms with Crippen LogP contribution in [-0.4, -0.2) is 21.4 Å². The van der Waals surface area contributed by atoms with Gasteiger partial charge in [0.05, 0.1) is 5.39 Å². The van der Waals surface area contributed by atoms with Crippen LogP contribution >= 0.6 is 0 Å². The van der Waals surface area contributed by atoms with E-state index in [2.05, 4.69) is 0 Å². The molecule has 6 nitrogen and oxygen atoms in total. The Bertz CT molecular complexity index is 1260. The van der Waals surface area contributed by atoms with E-state index in [-0.39, 0.29) is 39.5 Å². The number of benzene rings is 2. The molecule has 3 aromatic rings. The maximum absolute atomic E-state index is 13.3. The van der Waals surface area contributed by atoms with E-state index in [9.17, 15) is 20.1 Å². The zero-order valence-electron chi connectivity index (χ0n) is 17.1. The zero-order chi connectivity index (χ0) is 21.2. The number of hydrogen-bond acceptors (Lipinski definition) is 6. The first-order valence-electron chi connectivity index (χ1n) is 9.54. The minimum atomic E-state index is -0.508. The van der Waals surface area contributed by atoms with Crippen LogP contribution in [0.2, 0.25) is 0 Å². The standard InChI is InChI=1S/C23H24O6/c1-10(2)6-7-12-21-17(20(27)18-22(12)28-11(3)23(18,4)5)19(26)13-8-14(24)15(25)9-16(13)29-21/h6,8-9,11,24-25,27H,7H2,1-5H3. The van der Waals surface area contributed by atoms with Gasteiger partial charge in [0, 0.05) is 22.6 Å². The van der Waals surface area contributed by atoms with Crippen LogP contribution in [0.1, 0.15) is 45.7 Å². The molecule has 0 amide bonds. The van der Waals surface area contributed by atoms with Gasteiger partial charge in [0.1, 0.15) is 34.2 Å². The monoisotopic (exact) mass is 396 g/mol. The molecule has 0 radical (unpaired) electrons. The molecule has 6 heteroatoms. The van der Waals surface area contributed by atoms with E-state index in [1.807, 2.05) is 40.7 Å². The second-order valence-electron chi connectivity index (χ2n) is 8.47. The summed E-state index contributed by atoms with van der Waals surface area (Å²) in [7, 11) is 0. The average Bonchev–Trinajstić information content (AvgIpc) is 2.86. The van der Waals surface area contributed by atoms with Crippen LogP contribution in [0.25, 0.3) is 21.9 Å². The van der Waals surface area contributed by atoms with Gasteiger partial charge in [-0.15, -0.1) is 0 Å². The molecule has 0 spiro atoms. The average molecular weight is 396 g/mol. The van der Waals surface area contributed by atoms with Gasteiger partial charge in [0.15, 0.2) is 11.5 Å². The summed E-state index contributed by atoms with van der Waals surface area (Å²) in [5.41, 5.74) is 1.74. The molecule has 1 aliphatic heterocycles. The van der Waals surface area contributed by atoms with Gasteiger partial charge >= 0.3 is 0 Å². The molecule has 0 bridgehead atoms. The SMILES string of the molecule is CC(C)=CCc1c2c(c(O)c3c(=O)c4cc(O)c(O)cc4oc13)C(C)(C)C(C)O2. The third-order valence-corrected chi connectivity index (χ3v) is 5.91. The fourth-order valence-electron chi connectivity index (χ4n) is 3.88. The van der Waals surface area contributed by atoms with Crippen molar-refractivity contribution in [1.82, 2.24) is 0 Å². The minimum absolute atomic E-state index is 0.0595. The lowest BCUT2D eigenvalue weighted by atomic mass is 9.79. The third kappa shape index (κ3) is 2.66. The molecule has 3 N–H and O–H groups in total. The molecule has 1 unspecified atom stereocenters. The molecule has 0 aliphatic carbocycles. The highest BCUT2D eigenvalue weighted by molar-refractivity contribution is 5.98. The van der Waals surface area contributed by atoms with Crippen molar-refractivity contribution in [3.8, 4) is 23.0 Å². The lowest BCUT2D eigenvalue weighted by Gasteiger charge is -2.23. The maximum Gasteiger partial charge on any atom is 0.204 e. The summed E-state index contributed by atoms with van der Waals surface area (Å²) >= 11 is 0. The Morgan fingerprint density at radius 3 is 2.48 bits per heavy atom. The van der Waals surface area contributed by atoms with Gasteiger partial charge in [-0.05, 0) is 33.3 Å². The Labute approximate surface area is 167 Å². The summed E-state index contributed by atoms with van der Waals surface area (Å²) in [6, 6.07) is 2.36. The number of fused-ring (bicyclic) bond motifs is 3. The van der Waals surface area contributed by atoms with Crippen LogP contribution in [0.3, 0.4) is 0 Å². The largest absolute Gasteiger partial charge is 0.507 e. The van der Waals surface area contributed by atoms with Crippen molar-refractivity contribution in [3.63, 3.8) is 0 Å². The Morgan fingerprint density at radius 1 is 1.17 bits per heavy atom. The van der Waals surface area contributed by atoms with Gasteiger partial charge in [-0.3, -0.25) is 4.79 Å². The fourth-order valence-corrected chi connectivity index (χ4v) is 3.88. The molecule has 1 aromatic heterocycles. The Balaban J connectivity index is 2.22. The van der Waals surface area contributed by atoms with Crippen molar-refractivity contribution >= 4 is 21.9 Å². The van der Waals surface area contributed by atoms with Crippen LogP contribution in [0.5, 0.6) is 23.0 Å². The van der Waals surface area contributed by atoms with E-state index in [0.717, 1.165) is 11.6 Å². The Hall–Kier alpha value is -3.15. The third-order valence-electron chi connectivity index (χ3n) is 5.91. The lowest BCUT2D eigenvalue weighted by molar-refractivity contribution is 0.184. The van der Waals surface area contributed by atoms with Crippen molar-refractivity contribution < 1.29 is 24.5 Å². The molecular weight excluding hydrogens is 372 g/mol. The Kier molecular flexibility index (Phi) is 4.08. The zero-order valence-corrected chi connectivity index (χ0v) is 17.1. The first kappa shape index (κ1) is 19.2. The van der Waals surface area contributed by atoms with Gasteiger partial charge in [-0.2, -0.15) is 0 Å². The van der Waals surface area contributed by atoms with Crippen LogP contribution in [0.15, 0.2) is 33.0 Å². The number of hydrogen-bond donors (Lipinski definition) is 3. The van der Waals surface area contributed by atoms with Gasteiger partial charge in [-0.1, -0.05) is 25.5 Å². The van der Waals surface area contributed by atoms with E-state index in [1.54, 1.807) is 0 Å². The molecule has 29 heavy (non-hydrogen) atoms. The lowest BCUT2D eigenvalue weighted by Crippen LogP contribution is -2.29. The van der Waals surface area contributed by atoms with E-state index in [0.29, 0.717) is 23.3 Å². The van der Waals surface area contributed by atoms with Crippen LogP contribution in [0.4, 0.5) is 0 Å². The molecule has 2 heterocycles. The number of phenols is 3. The summed E-state index contributed by atoms with van der Waals surface area (Å²) in [5.74, 6) is -0.432. The highest BCUT2D eigenvalue weighted by atomic mass is 16.5. The quantitative estimate of drug-likeness (QED) is 0.332. The number of rotatable bonds is 2. The predicted molar refractivity (Wildman–Crippen MR) is 111 cm³/mol. The highest BCUT2D eigenvalue weighted by Gasteiger charge is 2.44. The van der Waals surface area contributed by atoms with Gasteiger partial charge in [0.25, 0.3) is 0 Å². The van der Waals surface area contributed by atoms with Gasteiger partial charge in [0.2, 0.25) is 5.43 Å². The highest BCUT2D eigenvalue weighted by Crippen LogP contribution is 2.52. The van der Waals surface area contributed by atoms with Crippen molar-refractivity contribution in [2.45, 2.75) is 52.6 Å². The molecule has 0 fully saturated rings.